The summed E-state index contributed by atoms with van der Waals surface area (Å²) in [5, 5.41) is 2.88. The van der Waals surface area contributed by atoms with Crippen LogP contribution in [0.1, 0.15) is 38.5 Å². The molecule has 1 N–H and O–H groups in total. The van der Waals surface area contributed by atoms with Crippen molar-refractivity contribution in [1.82, 2.24) is 4.31 Å². The minimum Gasteiger partial charge on any atom is -0.321 e. The largest absolute Gasteiger partial charge is 0.321 e. The predicted octanol–water partition coefficient (Wildman–Crippen LogP) is 3.44. The van der Waals surface area contributed by atoms with Crippen LogP contribution in [0.3, 0.4) is 0 Å². The third kappa shape index (κ3) is 3.63. The molecule has 7 heteroatoms. The minimum absolute atomic E-state index is 0.170. The number of carbonyl (C=O) groups excluding carboxylic acids is 1. The molecule has 1 aromatic carbocycles. The summed E-state index contributed by atoms with van der Waals surface area (Å²) >= 11 is 1.54. The molecule has 1 amide bonds. The Morgan fingerprint density at radius 1 is 1.16 bits per heavy atom. The highest BCUT2D eigenvalue weighted by atomic mass is 32.2. The molecule has 0 saturated heterocycles. The standard InChI is InChI=1S/C18H22N2O3S2/c1-12-8-9-14(25(22,23)20(2)3)11-15(12)19-18(21)17-10-13-6-4-5-7-16(13)24-17/h8-11H,4-7H2,1-3H3,(H,19,21). The number of hydrogen-bond acceptors (Lipinski definition) is 4. The number of anilines is 1. The lowest BCUT2D eigenvalue weighted by molar-refractivity contribution is 0.103. The van der Waals surface area contributed by atoms with Crippen molar-refractivity contribution in [2.45, 2.75) is 37.5 Å². The second-order valence-electron chi connectivity index (χ2n) is 6.48. The molecule has 5 nitrogen and oxygen atoms in total. The van der Waals surface area contributed by atoms with E-state index in [1.54, 1.807) is 23.5 Å². The van der Waals surface area contributed by atoms with Gasteiger partial charge in [-0.25, -0.2) is 12.7 Å². The van der Waals surface area contributed by atoms with Crippen molar-refractivity contribution >= 4 is 33.0 Å². The van der Waals surface area contributed by atoms with Crippen molar-refractivity contribution in [3.63, 3.8) is 0 Å². The number of thiophene rings is 1. The summed E-state index contributed by atoms with van der Waals surface area (Å²) in [7, 11) is -0.555. The quantitative estimate of drug-likeness (QED) is 0.886. The first-order valence-electron chi connectivity index (χ1n) is 8.25. The van der Waals surface area contributed by atoms with Crippen molar-refractivity contribution in [2.75, 3.05) is 19.4 Å². The van der Waals surface area contributed by atoms with Gasteiger partial charge in [-0.15, -0.1) is 11.3 Å². The summed E-state index contributed by atoms with van der Waals surface area (Å²) in [5.74, 6) is -0.179. The topological polar surface area (TPSA) is 66.5 Å². The molecule has 25 heavy (non-hydrogen) atoms. The summed E-state index contributed by atoms with van der Waals surface area (Å²) in [6.45, 7) is 1.85. The molecule has 134 valence electrons. The Labute approximate surface area is 152 Å². The van der Waals surface area contributed by atoms with Crippen LogP contribution in [0.5, 0.6) is 0 Å². The smallest absolute Gasteiger partial charge is 0.265 e. The van der Waals surface area contributed by atoms with Gasteiger partial charge in [-0.05, 0) is 61.9 Å². The second kappa shape index (κ2) is 6.90. The molecule has 0 fully saturated rings. The first kappa shape index (κ1) is 18.1. The molecule has 3 rings (SSSR count). The average molecular weight is 379 g/mol. The fourth-order valence-electron chi connectivity index (χ4n) is 2.89. The van der Waals surface area contributed by atoms with E-state index < -0.39 is 10.0 Å². The van der Waals surface area contributed by atoms with Gasteiger partial charge in [0.05, 0.1) is 9.77 Å². The maximum atomic E-state index is 12.6. The van der Waals surface area contributed by atoms with Gasteiger partial charge in [0.1, 0.15) is 0 Å². The molecule has 0 saturated carbocycles. The summed E-state index contributed by atoms with van der Waals surface area (Å²) in [6.07, 6.45) is 4.43. The molecular weight excluding hydrogens is 356 g/mol. The minimum atomic E-state index is -3.53. The Balaban J connectivity index is 1.87. The number of benzene rings is 1. The number of sulfonamides is 1. The zero-order chi connectivity index (χ0) is 18.2. The van der Waals surface area contributed by atoms with Gasteiger partial charge in [-0.1, -0.05) is 6.07 Å². The first-order chi connectivity index (χ1) is 11.8. The number of hydrogen-bond donors (Lipinski definition) is 1. The van der Waals surface area contributed by atoms with Crippen LogP contribution < -0.4 is 5.32 Å². The first-order valence-corrected chi connectivity index (χ1v) is 10.5. The zero-order valence-electron chi connectivity index (χ0n) is 14.6. The van der Waals surface area contributed by atoms with Gasteiger partial charge in [-0.2, -0.15) is 0 Å². The zero-order valence-corrected chi connectivity index (χ0v) is 16.3. The fourth-order valence-corrected chi connectivity index (χ4v) is 4.97. The van der Waals surface area contributed by atoms with Crippen LogP contribution in [0.2, 0.25) is 0 Å². The Bertz CT molecular complexity index is 891. The SMILES string of the molecule is Cc1ccc(S(=O)(=O)N(C)C)cc1NC(=O)c1cc2c(s1)CCCC2. The van der Waals surface area contributed by atoms with Crippen LogP contribution in [-0.4, -0.2) is 32.7 Å². The number of nitrogens with one attached hydrogen (secondary N) is 1. The van der Waals surface area contributed by atoms with Crippen LogP contribution >= 0.6 is 11.3 Å². The monoisotopic (exact) mass is 378 g/mol. The highest BCUT2D eigenvalue weighted by Crippen LogP contribution is 2.30. The highest BCUT2D eigenvalue weighted by Gasteiger charge is 2.20. The van der Waals surface area contributed by atoms with Crippen molar-refractivity contribution in [3.8, 4) is 0 Å². The van der Waals surface area contributed by atoms with E-state index in [0.717, 1.165) is 22.7 Å². The van der Waals surface area contributed by atoms with E-state index in [0.29, 0.717) is 10.6 Å². The summed E-state index contributed by atoms with van der Waals surface area (Å²) in [4.78, 5) is 14.8. The van der Waals surface area contributed by atoms with Crippen LogP contribution in [0.4, 0.5) is 5.69 Å². The van der Waals surface area contributed by atoms with Crippen LogP contribution in [0, 0.1) is 6.92 Å². The van der Waals surface area contributed by atoms with Crippen LogP contribution in [0.25, 0.3) is 0 Å². The summed E-state index contributed by atoms with van der Waals surface area (Å²) in [5.41, 5.74) is 2.63. The van der Waals surface area contributed by atoms with E-state index in [2.05, 4.69) is 5.32 Å². The van der Waals surface area contributed by atoms with E-state index in [1.165, 1.54) is 43.4 Å². The summed E-state index contributed by atoms with van der Waals surface area (Å²) in [6, 6.07) is 6.77. The van der Waals surface area contributed by atoms with Crippen molar-refractivity contribution in [3.05, 3.63) is 45.1 Å². The summed E-state index contributed by atoms with van der Waals surface area (Å²) < 4.78 is 25.8. The van der Waals surface area contributed by atoms with E-state index in [1.807, 2.05) is 13.0 Å². The Morgan fingerprint density at radius 3 is 2.56 bits per heavy atom. The average Bonchev–Trinajstić information content (AvgIpc) is 3.00. The number of fused-ring (bicyclic) bond motifs is 1. The lowest BCUT2D eigenvalue weighted by Gasteiger charge is -2.14. The van der Waals surface area contributed by atoms with E-state index in [9.17, 15) is 13.2 Å². The van der Waals surface area contributed by atoms with Crippen molar-refractivity contribution in [1.29, 1.82) is 0 Å². The predicted molar refractivity (Wildman–Crippen MR) is 101 cm³/mol. The molecule has 0 atom stereocenters. The molecular formula is C18H22N2O3S2. The number of rotatable bonds is 4. The molecule has 1 aromatic heterocycles. The maximum absolute atomic E-state index is 12.6. The number of aryl methyl sites for hydroxylation is 3. The Hall–Kier alpha value is -1.70. The van der Waals surface area contributed by atoms with E-state index in [4.69, 9.17) is 0 Å². The highest BCUT2D eigenvalue weighted by molar-refractivity contribution is 7.89. The van der Waals surface area contributed by atoms with Gasteiger partial charge in [-0.3, -0.25) is 4.79 Å². The van der Waals surface area contributed by atoms with Crippen LogP contribution in [0.15, 0.2) is 29.2 Å². The molecule has 0 bridgehead atoms. The maximum Gasteiger partial charge on any atom is 0.265 e. The number of amides is 1. The third-order valence-corrected chi connectivity index (χ3v) is 7.50. The van der Waals surface area contributed by atoms with E-state index in [-0.39, 0.29) is 10.8 Å². The third-order valence-electron chi connectivity index (χ3n) is 4.46. The molecule has 0 unspecified atom stereocenters. The molecule has 1 aliphatic rings. The molecule has 0 radical (unpaired) electrons. The molecule has 1 heterocycles. The molecule has 2 aromatic rings. The molecule has 0 aliphatic heterocycles. The molecule has 0 spiro atoms. The van der Waals surface area contributed by atoms with Gasteiger partial charge in [0, 0.05) is 24.7 Å². The number of nitrogens with zero attached hydrogens (tertiary/aromatic N) is 1. The lowest BCUT2D eigenvalue weighted by atomic mass is 9.99. The fraction of sp³-hybridized carbons (Fsp3) is 0.389. The van der Waals surface area contributed by atoms with E-state index >= 15 is 0 Å². The lowest BCUT2D eigenvalue weighted by Crippen LogP contribution is -2.22. The van der Waals surface area contributed by atoms with Gasteiger partial charge in [0.15, 0.2) is 0 Å². The number of carbonyl (C=O) groups is 1. The Morgan fingerprint density at radius 2 is 1.88 bits per heavy atom. The van der Waals surface area contributed by atoms with Gasteiger partial charge < -0.3 is 5.32 Å². The van der Waals surface area contributed by atoms with Crippen molar-refractivity contribution < 1.29 is 13.2 Å². The van der Waals surface area contributed by atoms with Gasteiger partial charge in [0.2, 0.25) is 10.0 Å². The normalized spacial score (nSPS) is 14.4. The van der Waals surface area contributed by atoms with Crippen molar-refractivity contribution in [2.24, 2.45) is 0 Å². The second-order valence-corrected chi connectivity index (χ2v) is 9.77. The van der Waals surface area contributed by atoms with Gasteiger partial charge in [0.25, 0.3) is 5.91 Å². The van der Waals surface area contributed by atoms with Crippen LogP contribution in [-0.2, 0) is 22.9 Å². The Kier molecular flexibility index (Phi) is 4.99. The molecule has 1 aliphatic carbocycles. The van der Waals surface area contributed by atoms with Gasteiger partial charge >= 0.3 is 0 Å².